The van der Waals surface area contributed by atoms with Gasteiger partial charge in [0.15, 0.2) is 0 Å². The first kappa shape index (κ1) is 12.3. The predicted octanol–water partition coefficient (Wildman–Crippen LogP) is 2.51. The van der Waals surface area contributed by atoms with E-state index in [4.69, 9.17) is 4.52 Å². The van der Waals surface area contributed by atoms with Gasteiger partial charge < -0.3 is 9.84 Å². The van der Waals surface area contributed by atoms with Crippen LogP contribution in [0.15, 0.2) is 22.7 Å². The number of benzene rings is 1. The van der Waals surface area contributed by atoms with Crippen LogP contribution in [0.4, 0.5) is 4.39 Å². The summed E-state index contributed by atoms with van der Waals surface area (Å²) in [6, 6.07) is 4.97. The molecule has 2 aromatic rings. The van der Waals surface area contributed by atoms with Crippen molar-refractivity contribution in [3.05, 3.63) is 35.5 Å². The van der Waals surface area contributed by atoms with Crippen LogP contribution >= 0.6 is 0 Å². The van der Waals surface area contributed by atoms with Crippen molar-refractivity contribution >= 4 is 0 Å². The second-order valence-electron chi connectivity index (χ2n) is 5.13. The van der Waals surface area contributed by atoms with Crippen LogP contribution in [0.25, 0.3) is 11.4 Å². The lowest BCUT2D eigenvalue weighted by atomic mass is 9.89. The Balaban J connectivity index is 1.85. The van der Waals surface area contributed by atoms with Crippen LogP contribution in [0, 0.1) is 18.7 Å². The van der Waals surface area contributed by atoms with Crippen molar-refractivity contribution in [3.8, 4) is 11.4 Å². The lowest BCUT2D eigenvalue weighted by Gasteiger charge is -2.30. The molecule has 1 N–H and O–H groups in total. The molecule has 0 bridgehead atoms. The summed E-state index contributed by atoms with van der Waals surface area (Å²) in [7, 11) is 0. The average molecular weight is 261 g/mol. The van der Waals surface area contributed by atoms with Crippen molar-refractivity contribution in [1.29, 1.82) is 0 Å². The van der Waals surface area contributed by atoms with Gasteiger partial charge in [-0.25, -0.2) is 4.39 Å². The molecule has 2 heterocycles. The molecule has 0 saturated carbocycles. The molecule has 1 saturated heterocycles. The Morgan fingerprint density at radius 2 is 2.21 bits per heavy atom. The van der Waals surface area contributed by atoms with Crippen LogP contribution in [-0.4, -0.2) is 23.2 Å². The van der Waals surface area contributed by atoms with E-state index in [2.05, 4.69) is 22.4 Å². The molecule has 0 aliphatic carbocycles. The standard InChI is InChI=1S/C14H16FN3O/c1-8-3-4-10(5-12(8)15)13-17-14(19-18-13)9(2)11-6-16-7-11/h3-5,9,11,16H,6-7H2,1-2H3. The summed E-state index contributed by atoms with van der Waals surface area (Å²) >= 11 is 0. The number of nitrogens with zero attached hydrogens (tertiary/aromatic N) is 2. The van der Waals surface area contributed by atoms with Gasteiger partial charge in [-0.1, -0.05) is 24.2 Å². The van der Waals surface area contributed by atoms with Crippen LogP contribution in [-0.2, 0) is 0 Å². The topological polar surface area (TPSA) is 51.0 Å². The van der Waals surface area contributed by atoms with Gasteiger partial charge in [-0.2, -0.15) is 4.98 Å². The number of hydrogen-bond donors (Lipinski definition) is 1. The van der Waals surface area contributed by atoms with Gasteiger partial charge in [0.05, 0.1) is 0 Å². The molecule has 1 aromatic carbocycles. The van der Waals surface area contributed by atoms with Gasteiger partial charge in [-0.3, -0.25) is 0 Å². The molecule has 5 heteroatoms. The molecule has 1 fully saturated rings. The first-order valence-electron chi connectivity index (χ1n) is 6.46. The number of hydrogen-bond acceptors (Lipinski definition) is 4. The van der Waals surface area contributed by atoms with Crippen molar-refractivity contribution < 1.29 is 8.91 Å². The van der Waals surface area contributed by atoms with E-state index in [1.54, 1.807) is 13.0 Å². The Bertz CT molecular complexity index is 592. The van der Waals surface area contributed by atoms with Crippen molar-refractivity contribution in [1.82, 2.24) is 15.5 Å². The number of halogens is 1. The molecule has 0 spiro atoms. The van der Waals surface area contributed by atoms with E-state index in [1.165, 1.54) is 6.07 Å². The Kier molecular flexibility index (Phi) is 3.06. The predicted molar refractivity (Wildman–Crippen MR) is 69.2 cm³/mol. The van der Waals surface area contributed by atoms with Crippen molar-refractivity contribution in [2.45, 2.75) is 19.8 Å². The fourth-order valence-corrected chi connectivity index (χ4v) is 2.14. The number of aryl methyl sites for hydroxylation is 1. The minimum absolute atomic E-state index is 0.234. The van der Waals surface area contributed by atoms with Crippen molar-refractivity contribution in [2.24, 2.45) is 5.92 Å². The van der Waals surface area contributed by atoms with Crippen LogP contribution in [0.5, 0.6) is 0 Å². The van der Waals surface area contributed by atoms with Gasteiger partial charge in [0.1, 0.15) is 5.82 Å². The molecular formula is C14H16FN3O. The summed E-state index contributed by atoms with van der Waals surface area (Å²) in [5.41, 5.74) is 1.26. The lowest BCUT2D eigenvalue weighted by Crippen LogP contribution is -2.44. The third kappa shape index (κ3) is 2.26. The first-order chi connectivity index (χ1) is 9.15. The van der Waals surface area contributed by atoms with E-state index in [0.717, 1.165) is 13.1 Å². The summed E-state index contributed by atoms with van der Waals surface area (Å²) in [4.78, 5) is 4.38. The second-order valence-corrected chi connectivity index (χ2v) is 5.13. The molecule has 1 aliphatic heterocycles. The van der Waals surface area contributed by atoms with Crippen molar-refractivity contribution in [2.75, 3.05) is 13.1 Å². The maximum atomic E-state index is 13.5. The quantitative estimate of drug-likeness (QED) is 0.922. The highest BCUT2D eigenvalue weighted by Crippen LogP contribution is 2.27. The second kappa shape index (κ2) is 4.74. The van der Waals surface area contributed by atoms with Gasteiger partial charge >= 0.3 is 0 Å². The largest absolute Gasteiger partial charge is 0.339 e. The third-order valence-corrected chi connectivity index (χ3v) is 3.78. The monoisotopic (exact) mass is 261 g/mol. The maximum Gasteiger partial charge on any atom is 0.230 e. The number of aromatic nitrogens is 2. The van der Waals surface area contributed by atoms with Gasteiger partial charge in [0.25, 0.3) is 0 Å². The van der Waals surface area contributed by atoms with E-state index in [0.29, 0.717) is 28.8 Å². The smallest absolute Gasteiger partial charge is 0.230 e. The highest BCUT2D eigenvalue weighted by molar-refractivity contribution is 5.55. The molecule has 1 unspecified atom stereocenters. The third-order valence-electron chi connectivity index (χ3n) is 3.78. The zero-order valence-electron chi connectivity index (χ0n) is 11.0. The van der Waals surface area contributed by atoms with E-state index < -0.39 is 0 Å². The summed E-state index contributed by atoms with van der Waals surface area (Å²) in [6.45, 7) is 5.78. The highest BCUT2D eigenvalue weighted by Gasteiger charge is 2.28. The van der Waals surface area contributed by atoms with Gasteiger partial charge in [0, 0.05) is 11.5 Å². The molecular weight excluding hydrogens is 245 g/mol. The van der Waals surface area contributed by atoms with E-state index in [-0.39, 0.29) is 11.7 Å². The lowest BCUT2D eigenvalue weighted by molar-refractivity contribution is 0.252. The zero-order chi connectivity index (χ0) is 13.4. The molecule has 3 rings (SSSR count). The molecule has 19 heavy (non-hydrogen) atoms. The molecule has 1 aliphatic rings. The van der Waals surface area contributed by atoms with Crippen LogP contribution in [0.3, 0.4) is 0 Å². The zero-order valence-corrected chi connectivity index (χ0v) is 11.0. The molecule has 4 nitrogen and oxygen atoms in total. The maximum absolute atomic E-state index is 13.5. The minimum atomic E-state index is -0.250. The normalized spacial score (nSPS) is 17.2. The Labute approximate surface area is 111 Å². The fourth-order valence-electron chi connectivity index (χ4n) is 2.14. The van der Waals surface area contributed by atoms with Crippen LogP contribution < -0.4 is 5.32 Å². The van der Waals surface area contributed by atoms with Gasteiger partial charge in [0.2, 0.25) is 11.7 Å². The minimum Gasteiger partial charge on any atom is -0.339 e. The number of nitrogens with one attached hydrogen (secondary N) is 1. The fraction of sp³-hybridized carbons (Fsp3) is 0.429. The SMILES string of the molecule is Cc1ccc(-c2noc(C(C)C3CNC3)n2)cc1F. The molecule has 1 atom stereocenters. The molecule has 1 aromatic heterocycles. The summed E-state index contributed by atoms with van der Waals surface area (Å²) in [6.07, 6.45) is 0. The van der Waals surface area contributed by atoms with Gasteiger partial charge in [-0.05, 0) is 37.6 Å². The van der Waals surface area contributed by atoms with E-state index >= 15 is 0 Å². The molecule has 0 amide bonds. The van der Waals surface area contributed by atoms with Gasteiger partial charge in [-0.15, -0.1) is 0 Å². The van der Waals surface area contributed by atoms with E-state index in [1.807, 2.05) is 6.07 Å². The van der Waals surface area contributed by atoms with Crippen LogP contribution in [0.2, 0.25) is 0 Å². The Morgan fingerprint density at radius 1 is 1.42 bits per heavy atom. The first-order valence-corrected chi connectivity index (χ1v) is 6.46. The van der Waals surface area contributed by atoms with Crippen molar-refractivity contribution in [3.63, 3.8) is 0 Å². The summed E-state index contributed by atoms with van der Waals surface area (Å²) in [5.74, 6) is 1.61. The molecule has 0 radical (unpaired) electrons. The highest BCUT2D eigenvalue weighted by atomic mass is 19.1. The Morgan fingerprint density at radius 3 is 2.84 bits per heavy atom. The number of rotatable bonds is 3. The Hall–Kier alpha value is -1.75. The summed E-state index contributed by atoms with van der Waals surface area (Å²) < 4.78 is 18.8. The summed E-state index contributed by atoms with van der Waals surface area (Å²) in [5, 5.41) is 7.17. The molecule has 100 valence electrons. The van der Waals surface area contributed by atoms with E-state index in [9.17, 15) is 4.39 Å². The average Bonchev–Trinajstić information content (AvgIpc) is 2.80. The van der Waals surface area contributed by atoms with Crippen LogP contribution in [0.1, 0.15) is 24.3 Å².